The Morgan fingerprint density at radius 3 is 2.30 bits per heavy atom. The predicted molar refractivity (Wildman–Crippen MR) is 95.6 cm³/mol. The van der Waals surface area contributed by atoms with Crippen LogP contribution in [-0.4, -0.2) is 32.8 Å². The molecule has 2 aromatic rings. The van der Waals surface area contributed by atoms with Gasteiger partial charge in [0.05, 0.1) is 23.5 Å². The van der Waals surface area contributed by atoms with Crippen LogP contribution in [0.4, 0.5) is 10.1 Å². The first-order valence-electron chi connectivity index (χ1n) is 8.33. The van der Waals surface area contributed by atoms with Crippen LogP contribution in [0.3, 0.4) is 0 Å². The Kier molecular flexibility index (Phi) is 5.36. The van der Waals surface area contributed by atoms with E-state index in [1.165, 1.54) is 36.4 Å². The molecule has 1 saturated heterocycles. The molecule has 2 aromatic carbocycles. The number of nitrogens with zero attached hydrogens (tertiary/aromatic N) is 1. The highest BCUT2D eigenvalue weighted by molar-refractivity contribution is 7.89. The third-order valence-corrected chi connectivity index (χ3v) is 5.33. The van der Waals surface area contributed by atoms with Crippen LogP contribution in [0.2, 0.25) is 0 Å². The summed E-state index contributed by atoms with van der Waals surface area (Å²) in [6.45, 7) is 0.551. The van der Waals surface area contributed by atoms with Crippen molar-refractivity contribution in [2.45, 2.75) is 23.8 Å². The molecule has 1 aliphatic rings. The Morgan fingerprint density at radius 1 is 1.07 bits per heavy atom. The second-order valence-electron chi connectivity index (χ2n) is 6.32. The molecule has 0 bridgehead atoms. The van der Waals surface area contributed by atoms with Gasteiger partial charge < -0.3 is 5.32 Å². The van der Waals surface area contributed by atoms with Crippen LogP contribution in [0.25, 0.3) is 0 Å². The summed E-state index contributed by atoms with van der Waals surface area (Å²) < 4.78 is 35.5. The normalized spacial score (nSPS) is 17.6. The first-order valence-corrected chi connectivity index (χ1v) is 9.88. The fraction of sp³-hybridized carbons (Fsp3) is 0.222. The van der Waals surface area contributed by atoms with Crippen molar-refractivity contribution in [3.63, 3.8) is 0 Å². The van der Waals surface area contributed by atoms with Gasteiger partial charge in [0, 0.05) is 6.42 Å². The minimum atomic E-state index is -3.72. The molecule has 9 heteroatoms. The lowest BCUT2D eigenvalue weighted by molar-refractivity contribution is -0.674. The van der Waals surface area contributed by atoms with Gasteiger partial charge >= 0.3 is 0 Å². The van der Waals surface area contributed by atoms with Crippen LogP contribution in [-0.2, 0) is 26.0 Å². The van der Waals surface area contributed by atoms with E-state index in [2.05, 4.69) is 0 Å². The third kappa shape index (κ3) is 4.38. The zero-order valence-corrected chi connectivity index (χ0v) is 15.2. The lowest BCUT2D eigenvalue weighted by atomic mass is 10.1. The molecule has 0 aromatic heterocycles. The molecule has 1 atom stereocenters. The lowest BCUT2D eigenvalue weighted by Gasteiger charge is -2.14. The number of hydrogen-bond acceptors (Lipinski definition) is 4. The third-order valence-electron chi connectivity index (χ3n) is 4.40. The summed E-state index contributed by atoms with van der Waals surface area (Å²) in [6, 6.07) is 10.9. The smallest absolute Gasteiger partial charge is 0.292 e. The van der Waals surface area contributed by atoms with Crippen LogP contribution < -0.4 is 15.4 Å². The van der Waals surface area contributed by atoms with Gasteiger partial charge in [0.25, 0.3) is 5.91 Å². The molecular formula is C18H19FN3O4S+. The van der Waals surface area contributed by atoms with Gasteiger partial charge in [-0.2, -0.15) is 0 Å². The van der Waals surface area contributed by atoms with Gasteiger partial charge in [-0.25, -0.2) is 22.8 Å². The number of quaternary nitrogens is 1. The zero-order chi connectivity index (χ0) is 19.6. The highest BCUT2D eigenvalue weighted by Gasteiger charge is 2.42. The molecule has 3 rings (SSSR count). The number of nitrogens with two attached hydrogens (primary N) is 2. The number of amides is 2. The Bertz CT molecular complexity index is 959. The summed E-state index contributed by atoms with van der Waals surface area (Å²) >= 11 is 0. The molecule has 1 heterocycles. The number of carbonyl (C=O) groups excluding carboxylic acids is 2. The number of primary sulfonamides is 1. The predicted octanol–water partition coefficient (Wildman–Crippen LogP) is -0.0889. The average Bonchev–Trinajstić information content (AvgIpc) is 2.89. The minimum Gasteiger partial charge on any atom is -0.335 e. The maximum absolute atomic E-state index is 13.0. The SMILES string of the molecule is NS(=O)(=O)c1ccc(CC[NH2+][C@@H]2CC(=O)N(c3ccc(F)cc3)C2=O)cc1. The maximum Gasteiger partial charge on any atom is 0.292 e. The summed E-state index contributed by atoms with van der Waals surface area (Å²) in [6.07, 6.45) is 0.681. The van der Waals surface area contributed by atoms with Crippen molar-refractivity contribution in [1.82, 2.24) is 0 Å². The van der Waals surface area contributed by atoms with Crippen molar-refractivity contribution in [3.05, 3.63) is 59.9 Å². The van der Waals surface area contributed by atoms with E-state index in [-0.39, 0.29) is 23.1 Å². The Hall–Kier alpha value is -2.62. The van der Waals surface area contributed by atoms with E-state index < -0.39 is 21.9 Å². The molecule has 7 nitrogen and oxygen atoms in total. The van der Waals surface area contributed by atoms with Gasteiger partial charge in [0.2, 0.25) is 15.9 Å². The van der Waals surface area contributed by atoms with E-state index in [0.29, 0.717) is 18.7 Å². The number of sulfonamides is 1. The van der Waals surface area contributed by atoms with E-state index in [9.17, 15) is 22.4 Å². The number of carbonyl (C=O) groups is 2. The standard InChI is InChI=1S/C18H18FN3O4S/c19-13-3-5-14(6-4-13)22-17(23)11-16(18(22)24)21-10-9-12-1-7-15(8-2-12)27(20,25)26/h1-8,16,21H,9-11H2,(H2,20,25,26)/p+1/t16-/m1/s1. The molecule has 142 valence electrons. The topological polar surface area (TPSA) is 114 Å². The van der Waals surface area contributed by atoms with Crippen molar-refractivity contribution in [1.29, 1.82) is 0 Å². The van der Waals surface area contributed by atoms with Crippen LogP contribution in [0.15, 0.2) is 53.4 Å². The fourth-order valence-electron chi connectivity index (χ4n) is 3.00. The highest BCUT2D eigenvalue weighted by atomic mass is 32.2. The molecule has 0 unspecified atom stereocenters. The molecular weight excluding hydrogens is 373 g/mol. The molecule has 2 amide bonds. The number of halogens is 1. The lowest BCUT2D eigenvalue weighted by Crippen LogP contribution is -2.92. The molecule has 0 saturated carbocycles. The number of imide groups is 1. The quantitative estimate of drug-likeness (QED) is 0.669. The minimum absolute atomic E-state index is 0.0433. The summed E-state index contributed by atoms with van der Waals surface area (Å²) in [5.74, 6) is -1.07. The van der Waals surface area contributed by atoms with Crippen LogP contribution >= 0.6 is 0 Å². The van der Waals surface area contributed by atoms with Crippen molar-refractivity contribution >= 4 is 27.5 Å². The summed E-state index contributed by atoms with van der Waals surface area (Å²) in [5.41, 5.74) is 1.26. The monoisotopic (exact) mass is 392 g/mol. The zero-order valence-electron chi connectivity index (χ0n) is 14.3. The molecule has 1 aliphatic heterocycles. The van der Waals surface area contributed by atoms with Crippen LogP contribution in [0, 0.1) is 5.82 Å². The number of rotatable bonds is 6. The van der Waals surface area contributed by atoms with E-state index in [0.717, 1.165) is 10.5 Å². The summed E-state index contributed by atoms with van der Waals surface area (Å²) in [5, 5.41) is 6.85. The Labute approximate surface area is 156 Å². The first-order chi connectivity index (χ1) is 12.8. The van der Waals surface area contributed by atoms with Gasteiger partial charge in [-0.15, -0.1) is 0 Å². The van der Waals surface area contributed by atoms with Crippen LogP contribution in [0.5, 0.6) is 0 Å². The van der Waals surface area contributed by atoms with Gasteiger partial charge in [-0.05, 0) is 42.0 Å². The highest BCUT2D eigenvalue weighted by Crippen LogP contribution is 2.21. The van der Waals surface area contributed by atoms with Crippen molar-refractivity contribution in [3.8, 4) is 0 Å². The summed E-state index contributed by atoms with van der Waals surface area (Å²) in [4.78, 5) is 25.8. The van der Waals surface area contributed by atoms with E-state index in [1.54, 1.807) is 17.4 Å². The number of hydrogen-bond donors (Lipinski definition) is 2. The molecule has 1 fully saturated rings. The Balaban J connectivity index is 1.58. The van der Waals surface area contributed by atoms with Gasteiger partial charge in [0.1, 0.15) is 5.82 Å². The second kappa shape index (κ2) is 7.55. The fourth-order valence-corrected chi connectivity index (χ4v) is 3.51. The van der Waals surface area contributed by atoms with E-state index >= 15 is 0 Å². The van der Waals surface area contributed by atoms with Crippen LogP contribution in [0.1, 0.15) is 12.0 Å². The Morgan fingerprint density at radius 2 is 1.70 bits per heavy atom. The summed E-state index contributed by atoms with van der Waals surface area (Å²) in [7, 11) is -3.72. The largest absolute Gasteiger partial charge is 0.335 e. The second-order valence-corrected chi connectivity index (χ2v) is 7.88. The molecule has 0 spiro atoms. The van der Waals surface area contributed by atoms with Gasteiger partial charge in [-0.3, -0.25) is 9.59 Å². The van der Waals surface area contributed by atoms with E-state index in [1.807, 2.05) is 0 Å². The molecule has 27 heavy (non-hydrogen) atoms. The van der Waals surface area contributed by atoms with Crippen molar-refractivity contribution in [2.75, 3.05) is 11.4 Å². The van der Waals surface area contributed by atoms with Crippen molar-refractivity contribution in [2.24, 2.45) is 5.14 Å². The first kappa shape index (κ1) is 19.2. The number of anilines is 1. The maximum atomic E-state index is 13.0. The van der Waals surface area contributed by atoms with E-state index in [4.69, 9.17) is 5.14 Å². The average molecular weight is 392 g/mol. The number of benzene rings is 2. The molecule has 4 N–H and O–H groups in total. The van der Waals surface area contributed by atoms with Crippen molar-refractivity contribution < 1.29 is 27.7 Å². The molecule has 0 radical (unpaired) electrons. The molecule has 0 aliphatic carbocycles. The van der Waals surface area contributed by atoms with Gasteiger partial charge in [-0.1, -0.05) is 12.1 Å². The van der Waals surface area contributed by atoms with Gasteiger partial charge in [0.15, 0.2) is 6.04 Å².